The van der Waals surface area contributed by atoms with Crippen LogP contribution in [0, 0.1) is 4.91 Å². The van der Waals surface area contributed by atoms with E-state index in [4.69, 9.17) is 27.8 Å². The van der Waals surface area contributed by atoms with E-state index in [9.17, 15) is 4.91 Å². The lowest BCUT2D eigenvalue weighted by Gasteiger charge is -2.08. The van der Waals surface area contributed by atoms with Crippen LogP contribution in [0.15, 0.2) is 35.6 Å². The van der Waals surface area contributed by atoms with E-state index in [0.717, 1.165) is 0 Å². The molecule has 92 valence electrons. The normalized spacial score (nSPS) is 10.1. The van der Waals surface area contributed by atoms with Crippen LogP contribution < -0.4 is 16.2 Å². The molecule has 0 spiro atoms. The molecule has 0 unspecified atom stereocenters. The van der Waals surface area contributed by atoms with Crippen molar-refractivity contribution in [2.45, 2.75) is 0 Å². The number of pyridine rings is 1. The second-order valence-corrected chi connectivity index (χ2v) is 3.89. The maximum absolute atomic E-state index is 10.7. The average Bonchev–Trinajstić information content (AvgIpc) is 2.27. The van der Waals surface area contributed by atoms with Crippen molar-refractivity contribution in [2.75, 3.05) is 11.5 Å². The fourth-order valence-electron chi connectivity index (χ4n) is 1.40. The van der Waals surface area contributed by atoms with Crippen LogP contribution in [0.5, 0.6) is 11.5 Å². The molecule has 2 aromatic rings. The van der Waals surface area contributed by atoms with E-state index in [1.807, 2.05) is 0 Å². The van der Waals surface area contributed by atoms with E-state index in [2.05, 4.69) is 10.2 Å². The summed E-state index contributed by atoms with van der Waals surface area (Å²) in [5, 5.41) is 3.21. The number of aromatic nitrogens is 1. The molecule has 0 atom stereocenters. The van der Waals surface area contributed by atoms with E-state index in [-0.39, 0.29) is 17.3 Å². The average molecular weight is 265 g/mol. The smallest absolute Gasteiger partial charge is 0.192 e. The SMILES string of the molecule is Nc1cc(Cl)cc(Oc2ccnc(N)c2N=O)c1. The molecule has 0 amide bonds. The Labute approximate surface area is 107 Å². The van der Waals surface area contributed by atoms with Crippen LogP contribution in [0.3, 0.4) is 0 Å². The zero-order valence-electron chi connectivity index (χ0n) is 9.13. The topological polar surface area (TPSA) is 104 Å². The Hall–Kier alpha value is -2.34. The molecule has 7 heteroatoms. The Morgan fingerprint density at radius 2 is 2.06 bits per heavy atom. The highest BCUT2D eigenvalue weighted by Crippen LogP contribution is 2.36. The molecule has 0 aliphatic rings. The molecular weight excluding hydrogens is 256 g/mol. The minimum atomic E-state index is -0.0592. The highest BCUT2D eigenvalue weighted by Gasteiger charge is 2.10. The van der Waals surface area contributed by atoms with Crippen molar-refractivity contribution < 1.29 is 4.74 Å². The van der Waals surface area contributed by atoms with Gasteiger partial charge in [0, 0.05) is 29.0 Å². The third kappa shape index (κ3) is 2.49. The summed E-state index contributed by atoms with van der Waals surface area (Å²) in [5.74, 6) is 0.576. The summed E-state index contributed by atoms with van der Waals surface area (Å²) in [6.45, 7) is 0. The summed E-state index contributed by atoms with van der Waals surface area (Å²) in [6, 6.07) is 6.18. The molecule has 18 heavy (non-hydrogen) atoms. The highest BCUT2D eigenvalue weighted by molar-refractivity contribution is 6.31. The number of anilines is 2. The Morgan fingerprint density at radius 1 is 1.28 bits per heavy atom. The Bertz CT molecular complexity index is 583. The van der Waals surface area contributed by atoms with E-state index < -0.39 is 0 Å². The van der Waals surface area contributed by atoms with E-state index >= 15 is 0 Å². The van der Waals surface area contributed by atoms with Crippen LogP contribution >= 0.6 is 11.6 Å². The van der Waals surface area contributed by atoms with Crippen molar-refractivity contribution in [1.82, 2.24) is 4.98 Å². The minimum Gasteiger partial charge on any atom is -0.455 e. The van der Waals surface area contributed by atoms with E-state index in [1.165, 1.54) is 12.3 Å². The highest BCUT2D eigenvalue weighted by atomic mass is 35.5. The van der Waals surface area contributed by atoms with E-state index in [0.29, 0.717) is 16.5 Å². The maximum Gasteiger partial charge on any atom is 0.192 e. The van der Waals surface area contributed by atoms with Gasteiger partial charge in [-0.15, -0.1) is 4.91 Å². The first-order chi connectivity index (χ1) is 8.60. The molecule has 0 aliphatic heterocycles. The van der Waals surface area contributed by atoms with Gasteiger partial charge >= 0.3 is 0 Å². The number of ether oxygens (including phenoxy) is 1. The number of hydrogen-bond donors (Lipinski definition) is 2. The quantitative estimate of drug-likeness (QED) is 0.655. The van der Waals surface area contributed by atoms with Gasteiger partial charge in [-0.25, -0.2) is 4.98 Å². The summed E-state index contributed by atoms with van der Waals surface area (Å²) in [4.78, 5) is 14.4. The first-order valence-electron chi connectivity index (χ1n) is 4.92. The lowest BCUT2D eigenvalue weighted by molar-refractivity contribution is 0.484. The summed E-state index contributed by atoms with van der Waals surface area (Å²) < 4.78 is 5.46. The largest absolute Gasteiger partial charge is 0.455 e. The van der Waals surface area contributed by atoms with Crippen molar-refractivity contribution in [1.29, 1.82) is 0 Å². The fraction of sp³-hybridized carbons (Fsp3) is 0. The second-order valence-electron chi connectivity index (χ2n) is 3.46. The molecule has 2 rings (SSSR count). The number of nitrogens with zero attached hydrogens (tertiary/aromatic N) is 2. The van der Waals surface area contributed by atoms with Gasteiger partial charge in [0.15, 0.2) is 17.3 Å². The first-order valence-corrected chi connectivity index (χ1v) is 5.29. The standard InChI is InChI=1S/C11H9ClN4O2/c12-6-3-7(13)5-8(4-6)18-9-1-2-15-11(14)10(9)16-17/h1-5H,13H2,(H2,14,15). The molecule has 4 N–H and O–H groups in total. The number of benzene rings is 1. The molecule has 0 aliphatic carbocycles. The van der Waals surface area contributed by atoms with Gasteiger partial charge < -0.3 is 16.2 Å². The maximum atomic E-state index is 10.7. The van der Waals surface area contributed by atoms with Crippen molar-refractivity contribution in [2.24, 2.45) is 5.18 Å². The van der Waals surface area contributed by atoms with Crippen LogP contribution in [0.4, 0.5) is 17.2 Å². The number of nitroso groups, excluding NO2 is 1. The zero-order valence-corrected chi connectivity index (χ0v) is 9.89. The number of rotatable bonds is 3. The van der Waals surface area contributed by atoms with Gasteiger partial charge in [0.05, 0.1) is 0 Å². The third-order valence-corrected chi connectivity index (χ3v) is 2.35. The molecule has 0 saturated carbocycles. The number of nitrogen functional groups attached to an aromatic ring is 2. The summed E-state index contributed by atoms with van der Waals surface area (Å²) in [7, 11) is 0. The molecule has 0 radical (unpaired) electrons. The van der Waals surface area contributed by atoms with Gasteiger partial charge in [-0.3, -0.25) is 0 Å². The number of hydrogen-bond acceptors (Lipinski definition) is 6. The molecule has 0 bridgehead atoms. The van der Waals surface area contributed by atoms with Crippen molar-refractivity contribution >= 4 is 28.8 Å². The lowest BCUT2D eigenvalue weighted by atomic mass is 10.3. The van der Waals surface area contributed by atoms with Crippen LogP contribution in [0.2, 0.25) is 5.02 Å². The fourth-order valence-corrected chi connectivity index (χ4v) is 1.63. The van der Waals surface area contributed by atoms with Crippen LogP contribution in [-0.4, -0.2) is 4.98 Å². The zero-order chi connectivity index (χ0) is 13.1. The second kappa shape index (κ2) is 4.89. The van der Waals surface area contributed by atoms with Gasteiger partial charge in [-0.2, -0.15) is 0 Å². The molecule has 1 aromatic carbocycles. The van der Waals surface area contributed by atoms with Crippen molar-refractivity contribution in [3.05, 3.63) is 40.4 Å². The number of halogens is 1. The molecule has 1 aromatic heterocycles. The van der Waals surface area contributed by atoms with E-state index in [1.54, 1.807) is 18.2 Å². The van der Waals surface area contributed by atoms with Gasteiger partial charge in [0.1, 0.15) is 5.75 Å². The summed E-state index contributed by atoms with van der Waals surface area (Å²) >= 11 is 5.84. The third-order valence-electron chi connectivity index (χ3n) is 2.13. The van der Waals surface area contributed by atoms with Crippen molar-refractivity contribution in [3.8, 4) is 11.5 Å². The van der Waals surface area contributed by atoms with Gasteiger partial charge in [-0.05, 0) is 17.3 Å². The molecule has 0 fully saturated rings. The number of nitrogens with two attached hydrogens (primary N) is 2. The molecule has 0 saturated heterocycles. The van der Waals surface area contributed by atoms with Crippen LogP contribution in [0.25, 0.3) is 0 Å². The summed E-state index contributed by atoms with van der Waals surface area (Å²) in [5.41, 5.74) is 11.5. The molecular formula is C11H9ClN4O2. The Morgan fingerprint density at radius 3 is 2.72 bits per heavy atom. The van der Waals surface area contributed by atoms with Gasteiger partial charge in [0.25, 0.3) is 0 Å². The molecule has 6 nitrogen and oxygen atoms in total. The predicted octanol–water partition coefficient (Wildman–Crippen LogP) is 3.09. The molecule has 1 heterocycles. The monoisotopic (exact) mass is 264 g/mol. The van der Waals surface area contributed by atoms with Crippen LogP contribution in [-0.2, 0) is 0 Å². The first kappa shape index (κ1) is 12.1. The Kier molecular flexibility index (Phi) is 3.29. The summed E-state index contributed by atoms with van der Waals surface area (Å²) in [6.07, 6.45) is 1.41. The van der Waals surface area contributed by atoms with Gasteiger partial charge in [-0.1, -0.05) is 11.6 Å². The Balaban J connectivity index is 2.39. The van der Waals surface area contributed by atoms with Crippen LogP contribution in [0.1, 0.15) is 0 Å². The van der Waals surface area contributed by atoms with Crippen molar-refractivity contribution in [3.63, 3.8) is 0 Å². The lowest BCUT2D eigenvalue weighted by Crippen LogP contribution is -1.93. The predicted molar refractivity (Wildman–Crippen MR) is 70.0 cm³/mol. The van der Waals surface area contributed by atoms with Gasteiger partial charge in [0.2, 0.25) is 0 Å². The minimum absolute atomic E-state index is 0.00231.